The maximum absolute atomic E-state index is 13.5. The van der Waals surface area contributed by atoms with Gasteiger partial charge in [0.15, 0.2) is 9.84 Å². The van der Waals surface area contributed by atoms with E-state index in [4.69, 9.17) is 5.73 Å². The topological polar surface area (TPSA) is 87.2 Å². The second kappa shape index (κ2) is 7.24. The molecule has 160 valence electrons. The highest BCUT2D eigenvalue weighted by Crippen LogP contribution is 2.48. The highest BCUT2D eigenvalue weighted by atomic mass is 32.2. The van der Waals surface area contributed by atoms with E-state index >= 15 is 0 Å². The molecule has 0 bridgehead atoms. The molecule has 0 saturated heterocycles. The first-order valence-electron chi connectivity index (χ1n) is 10.1. The van der Waals surface area contributed by atoms with Crippen molar-refractivity contribution in [1.82, 2.24) is 0 Å². The lowest BCUT2D eigenvalue weighted by molar-refractivity contribution is 0.589. The number of allylic oxidation sites excluding steroid dienone is 3. The molecular weight excluding hydrogens is 413 g/mol. The number of nitrogens with zero attached hydrogens (tertiary/aromatic N) is 2. The quantitative estimate of drug-likeness (QED) is 0.750. The van der Waals surface area contributed by atoms with Crippen LogP contribution in [0, 0.1) is 17.1 Å². The molecule has 7 heteroatoms. The maximum atomic E-state index is 13.5. The molecule has 0 spiro atoms. The van der Waals surface area contributed by atoms with Crippen molar-refractivity contribution in [3.8, 4) is 6.07 Å². The third kappa shape index (κ3) is 3.51. The van der Waals surface area contributed by atoms with E-state index in [1.54, 1.807) is 4.90 Å². The van der Waals surface area contributed by atoms with Crippen LogP contribution in [0.2, 0.25) is 0 Å². The zero-order valence-electron chi connectivity index (χ0n) is 17.7. The largest absolute Gasteiger partial charge is 0.384 e. The van der Waals surface area contributed by atoms with Crippen LogP contribution in [0.3, 0.4) is 0 Å². The van der Waals surface area contributed by atoms with E-state index in [2.05, 4.69) is 26.8 Å². The van der Waals surface area contributed by atoms with E-state index in [0.29, 0.717) is 16.9 Å². The second-order valence-electron chi connectivity index (χ2n) is 8.91. The molecule has 0 saturated carbocycles. The first-order valence-corrected chi connectivity index (χ1v) is 11.7. The number of hydrogen-bond acceptors (Lipinski definition) is 5. The zero-order valence-corrected chi connectivity index (χ0v) is 18.5. The molecule has 0 amide bonds. The van der Waals surface area contributed by atoms with Gasteiger partial charge in [0.1, 0.15) is 11.6 Å². The number of hydrogen-bond donors (Lipinski definition) is 1. The molecule has 31 heavy (non-hydrogen) atoms. The minimum atomic E-state index is -3.58. The van der Waals surface area contributed by atoms with Gasteiger partial charge in [-0.2, -0.15) is 5.26 Å². The van der Waals surface area contributed by atoms with Gasteiger partial charge < -0.3 is 5.73 Å². The van der Waals surface area contributed by atoms with Crippen molar-refractivity contribution in [3.63, 3.8) is 0 Å². The van der Waals surface area contributed by atoms with Crippen molar-refractivity contribution in [2.24, 2.45) is 5.73 Å². The molecule has 0 aromatic heterocycles. The van der Waals surface area contributed by atoms with E-state index < -0.39 is 21.6 Å². The molecule has 0 aliphatic carbocycles. The minimum absolute atomic E-state index is 0.0437. The van der Waals surface area contributed by atoms with Crippen LogP contribution in [0.1, 0.15) is 44.2 Å². The molecule has 2 aliphatic rings. The van der Waals surface area contributed by atoms with Gasteiger partial charge in [0.25, 0.3) is 0 Å². The molecule has 2 N–H and O–H groups in total. The van der Waals surface area contributed by atoms with E-state index in [9.17, 15) is 18.1 Å². The third-order valence-corrected chi connectivity index (χ3v) is 7.76. The summed E-state index contributed by atoms with van der Waals surface area (Å²) < 4.78 is 39.6. The lowest BCUT2D eigenvalue weighted by Crippen LogP contribution is -2.34. The van der Waals surface area contributed by atoms with Crippen molar-refractivity contribution in [3.05, 3.63) is 87.5 Å². The Hall–Kier alpha value is -3.11. The Balaban J connectivity index is 1.92. The number of rotatable bonds is 2. The molecule has 0 unspecified atom stereocenters. The molecule has 2 aromatic carbocycles. The van der Waals surface area contributed by atoms with Crippen LogP contribution in [0.15, 0.2) is 70.5 Å². The van der Waals surface area contributed by atoms with Gasteiger partial charge in [0.2, 0.25) is 0 Å². The van der Waals surface area contributed by atoms with Crippen molar-refractivity contribution >= 4 is 15.5 Å². The SMILES string of the molecule is CC(C)(C)c1ccc([C@H]2C(C#N)=C(N)N(c3ccc(F)cc3)C3=C2S(=O)(=O)CC3)cc1. The van der Waals surface area contributed by atoms with Crippen molar-refractivity contribution < 1.29 is 12.8 Å². The highest BCUT2D eigenvalue weighted by Gasteiger charge is 2.45. The Bertz CT molecular complexity index is 1250. The Morgan fingerprint density at radius 3 is 2.26 bits per heavy atom. The van der Waals surface area contributed by atoms with Gasteiger partial charge >= 0.3 is 0 Å². The summed E-state index contributed by atoms with van der Waals surface area (Å²) in [7, 11) is -3.58. The summed E-state index contributed by atoms with van der Waals surface area (Å²) in [6.45, 7) is 6.30. The number of benzene rings is 2. The van der Waals surface area contributed by atoms with E-state index in [-0.39, 0.29) is 33.9 Å². The number of sulfone groups is 1. The Kier molecular flexibility index (Phi) is 4.94. The van der Waals surface area contributed by atoms with Crippen LogP contribution in [-0.4, -0.2) is 14.2 Å². The molecule has 1 atom stereocenters. The average molecular weight is 438 g/mol. The van der Waals surface area contributed by atoms with Crippen molar-refractivity contribution in [2.75, 3.05) is 10.7 Å². The number of nitriles is 1. The van der Waals surface area contributed by atoms with Crippen molar-refractivity contribution in [2.45, 2.75) is 38.5 Å². The number of halogens is 1. The standard InChI is InChI=1S/C24H24FN3O2S/c1-24(2,3)16-6-4-15(5-7-16)21-19(14-26)23(27)28(18-10-8-17(25)9-11-18)20-12-13-31(29,30)22(20)21/h4-11,21H,12-13,27H2,1-3H3/t21-/m0/s1. The minimum Gasteiger partial charge on any atom is -0.384 e. The van der Waals surface area contributed by atoms with Gasteiger partial charge in [0, 0.05) is 17.8 Å². The molecule has 2 heterocycles. The van der Waals surface area contributed by atoms with Crippen LogP contribution in [0.4, 0.5) is 10.1 Å². The lowest BCUT2D eigenvalue weighted by Gasteiger charge is -2.35. The summed E-state index contributed by atoms with van der Waals surface area (Å²) in [5.41, 5.74) is 9.46. The fourth-order valence-corrected chi connectivity index (χ4v) is 6.10. The summed E-state index contributed by atoms with van der Waals surface area (Å²) in [5.74, 6) is -1.03. The predicted octanol–water partition coefficient (Wildman–Crippen LogP) is 4.45. The predicted molar refractivity (Wildman–Crippen MR) is 119 cm³/mol. The molecule has 2 aliphatic heterocycles. The second-order valence-corrected chi connectivity index (χ2v) is 11.0. The summed E-state index contributed by atoms with van der Waals surface area (Å²) >= 11 is 0. The molecule has 0 radical (unpaired) electrons. The zero-order chi connectivity index (χ0) is 22.6. The van der Waals surface area contributed by atoms with Gasteiger partial charge in [0.05, 0.1) is 28.2 Å². The van der Waals surface area contributed by atoms with Crippen LogP contribution in [0.25, 0.3) is 0 Å². The van der Waals surface area contributed by atoms with Gasteiger partial charge in [-0.15, -0.1) is 0 Å². The van der Waals surface area contributed by atoms with Crippen LogP contribution >= 0.6 is 0 Å². The summed E-state index contributed by atoms with van der Waals surface area (Å²) in [6.07, 6.45) is 0.283. The molecule has 0 fully saturated rings. The summed E-state index contributed by atoms with van der Waals surface area (Å²) in [5, 5.41) is 9.98. The van der Waals surface area contributed by atoms with Gasteiger partial charge in [-0.25, -0.2) is 12.8 Å². The molecule has 4 rings (SSSR count). The Labute approximate surface area is 182 Å². The number of anilines is 1. The average Bonchev–Trinajstić information content (AvgIpc) is 3.02. The van der Waals surface area contributed by atoms with Gasteiger partial charge in [-0.3, -0.25) is 4.90 Å². The van der Waals surface area contributed by atoms with E-state index in [1.165, 1.54) is 24.3 Å². The van der Waals surface area contributed by atoms with Crippen LogP contribution < -0.4 is 10.6 Å². The molecule has 2 aromatic rings. The van der Waals surface area contributed by atoms with E-state index in [1.807, 2.05) is 24.3 Å². The summed E-state index contributed by atoms with van der Waals surface area (Å²) in [4.78, 5) is 1.80. The highest BCUT2D eigenvalue weighted by molar-refractivity contribution is 7.95. The first-order chi connectivity index (χ1) is 14.5. The monoisotopic (exact) mass is 437 g/mol. The number of nitrogens with two attached hydrogens (primary N) is 1. The smallest absolute Gasteiger partial charge is 0.177 e. The first kappa shape index (κ1) is 21.1. The summed E-state index contributed by atoms with van der Waals surface area (Å²) in [6, 6.07) is 15.5. The lowest BCUT2D eigenvalue weighted by atomic mass is 9.83. The molecular formula is C24H24FN3O2S. The maximum Gasteiger partial charge on any atom is 0.177 e. The molecule has 5 nitrogen and oxygen atoms in total. The Morgan fingerprint density at radius 2 is 1.71 bits per heavy atom. The van der Waals surface area contributed by atoms with Crippen LogP contribution in [0.5, 0.6) is 0 Å². The normalized spacial score (nSPS) is 20.6. The van der Waals surface area contributed by atoms with Crippen molar-refractivity contribution in [1.29, 1.82) is 5.26 Å². The van der Waals surface area contributed by atoms with Gasteiger partial charge in [-0.1, -0.05) is 45.0 Å². The Morgan fingerprint density at radius 1 is 1.10 bits per heavy atom. The van der Waals surface area contributed by atoms with Gasteiger partial charge in [-0.05, 0) is 40.8 Å². The van der Waals surface area contributed by atoms with Crippen LogP contribution in [-0.2, 0) is 15.3 Å². The third-order valence-electron chi connectivity index (χ3n) is 5.88. The van der Waals surface area contributed by atoms with E-state index in [0.717, 1.165) is 5.56 Å². The fourth-order valence-electron chi connectivity index (χ4n) is 4.26. The fraction of sp³-hybridized carbons (Fsp3) is 0.292.